The van der Waals surface area contributed by atoms with Gasteiger partial charge in [0.25, 0.3) is 0 Å². The first-order valence-corrected chi connectivity index (χ1v) is 14.1. The molecule has 0 amide bonds. The molecule has 3 heterocycles. The molecule has 10 atom stereocenters. The van der Waals surface area contributed by atoms with E-state index in [1.807, 2.05) is 19.9 Å². The van der Waals surface area contributed by atoms with Gasteiger partial charge < -0.3 is 19.3 Å². The van der Waals surface area contributed by atoms with Gasteiger partial charge in [-0.15, -0.1) is 0 Å². The van der Waals surface area contributed by atoms with Gasteiger partial charge in [0.1, 0.15) is 23.4 Å². The van der Waals surface area contributed by atoms with E-state index in [-0.39, 0.29) is 40.8 Å². The Balaban J connectivity index is 1.23. The second kappa shape index (κ2) is 6.85. The van der Waals surface area contributed by atoms with Gasteiger partial charge in [-0.05, 0) is 106 Å². The van der Waals surface area contributed by atoms with Crippen LogP contribution in [0.3, 0.4) is 0 Å². The van der Waals surface area contributed by atoms with Crippen LogP contribution in [0.2, 0.25) is 0 Å². The van der Waals surface area contributed by atoms with E-state index in [9.17, 15) is 14.7 Å². The van der Waals surface area contributed by atoms with E-state index in [4.69, 9.17) is 14.2 Å². The van der Waals surface area contributed by atoms with Crippen molar-refractivity contribution in [3.8, 4) is 0 Å². The summed E-state index contributed by atoms with van der Waals surface area (Å²) in [6.45, 7) is 10.7. The number of epoxide rings is 1. The number of carbonyl (C=O) groups excluding carboxylic acids is 2. The van der Waals surface area contributed by atoms with Crippen LogP contribution in [0, 0.1) is 34.5 Å². The molecule has 10 unspecified atom stereocenters. The summed E-state index contributed by atoms with van der Waals surface area (Å²) >= 11 is 0. The lowest BCUT2D eigenvalue weighted by atomic mass is 9.52. The molecule has 0 aromatic rings. The fourth-order valence-corrected chi connectivity index (χ4v) is 10.2. The SMILES string of the molecule is CC1(C)OC(=O)C=CC23OC2C2=C(CCC13)C1(C)CCC(C3CC4CC3OC(=O)C4(C)O)C1(C)CC2. The molecular formula is C30H40O6. The number of ether oxygens (including phenoxy) is 3. The Morgan fingerprint density at radius 3 is 2.56 bits per heavy atom. The van der Waals surface area contributed by atoms with E-state index >= 15 is 0 Å². The van der Waals surface area contributed by atoms with Crippen LogP contribution in [0.5, 0.6) is 0 Å². The highest BCUT2D eigenvalue weighted by atomic mass is 16.6. The highest BCUT2D eigenvalue weighted by Gasteiger charge is 2.71. The minimum Gasteiger partial charge on any atom is -0.460 e. The third kappa shape index (κ3) is 2.71. The van der Waals surface area contributed by atoms with E-state index in [2.05, 4.69) is 13.8 Å². The predicted molar refractivity (Wildman–Crippen MR) is 132 cm³/mol. The minimum absolute atomic E-state index is 0.00367. The maximum absolute atomic E-state index is 12.5. The number of aliphatic hydroxyl groups is 1. The van der Waals surface area contributed by atoms with Gasteiger partial charge in [-0.2, -0.15) is 0 Å². The molecule has 2 saturated heterocycles. The van der Waals surface area contributed by atoms with Gasteiger partial charge >= 0.3 is 11.9 Å². The number of carbonyl (C=O) groups is 2. The first kappa shape index (κ1) is 23.5. The smallest absolute Gasteiger partial charge is 0.338 e. The quantitative estimate of drug-likeness (QED) is 0.323. The standard InChI is InChI=1S/C30H40O6/c1-26(2)22-7-6-19-17(24-30(22,36-24)13-10-23(31)35-26)8-11-27(3)20(9-12-28(19,27)4)18-14-16-15-21(18)34-25(32)29(16,5)33/h10,13,16,18,20-22,24,33H,6-9,11-12,14-15H2,1-5H3. The number of fused-ring (bicyclic) bond motifs is 5. The molecule has 196 valence electrons. The molecule has 7 aliphatic rings. The molecule has 3 aliphatic heterocycles. The van der Waals surface area contributed by atoms with Crippen LogP contribution in [0.25, 0.3) is 0 Å². The summed E-state index contributed by atoms with van der Waals surface area (Å²) in [7, 11) is 0. The lowest BCUT2D eigenvalue weighted by molar-refractivity contribution is -0.184. The molecule has 0 aromatic carbocycles. The second-order valence-corrected chi connectivity index (χ2v) is 14.1. The van der Waals surface area contributed by atoms with Gasteiger partial charge in [0, 0.05) is 17.9 Å². The molecule has 2 bridgehead atoms. The molecule has 4 fully saturated rings. The molecule has 0 radical (unpaired) electrons. The number of esters is 2. The molecule has 4 aliphatic carbocycles. The molecule has 6 heteroatoms. The molecule has 6 nitrogen and oxygen atoms in total. The van der Waals surface area contributed by atoms with Gasteiger partial charge in [0.2, 0.25) is 0 Å². The van der Waals surface area contributed by atoms with Crippen molar-refractivity contribution in [2.24, 2.45) is 34.5 Å². The molecule has 36 heavy (non-hydrogen) atoms. The highest BCUT2D eigenvalue weighted by Crippen LogP contribution is 2.72. The molecule has 0 aromatic heterocycles. The van der Waals surface area contributed by atoms with Crippen molar-refractivity contribution in [3.05, 3.63) is 23.3 Å². The van der Waals surface area contributed by atoms with Gasteiger partial charge in [-0.25, -0.2) is 9.59 Å². The molecular weight excluding hydrogens is 456 g/mol. The number of hydrogen-bond acceptors (Lipinski definition) is 6. The zero-order chi connectivity index (χ0) is 25.5. The first-order valence-electron chi connectivity index (χ1n) is 14.1. The molecule has 7 rings (SSSR count). The monoisotopic (exact) mass is 496 g/mol. The van der Waals surface area contributed by atoms with E-state index in [1.54, 1.807) is 18.6 Å². The summed E-state index contributed by atoms with van der Waals surface area (Å²) in [4.78, 5) is 24.8. The summed E-state index contributed by atoms with van der Waals surface area (Å²) in [5.74, 6) is 0.238. The summed E-state index contributed by atoms with van der Waals surface area (Å²) in [6.07, 6.45) is 11.6. The normalized spacial score (nSPS) is 54.4. The van der Waals surface area contributed by atoms with Gasteiger partial charge in [0.05, 0.1) is 0 Å². The Hall–Kier alpha value is -1.66. The fraction of sp³-hybridized carbons (Fsp3) is 0.800. The van der Waals surface area contributed by atoms with Crippen LogP contribution in [-0.4, -0.2) is 46.1 Å². The number of hydrogen-bond donors (Lipinski definition) is 1. The van der Waals surface area contributed by atoms with Crippen molar-refractivity contribution < 1.29 is 28.9 Å². The number of rotatable bonds is 1. The van der Waals surface area contributed by atoms with Crippen molar-refractivity contribution in [1.29, 1.82) is 0 Å². The summed E-state index contributed by atoms with van der Waals surface area (Å²) < 4.78 is 18.3. The van der Waals surface area contributed by atoms with Crippen molar-refractivity contribution in [1.82, 2.24) is 0 Å². The zero-order valence-corrected chi connectivity index (χ0v) is 22.3. The third-order valence-corrected chi connectivity index (χ3v) is 12.4. The van der Waals surface area contributed by atoms with Crippen molar-refractivity contribution in [3.63, 3.8) is 0 Å². The Kier molecular flexibility index (Phi) is 4.46. The Morgan fingerprint density at radius 2 is 1.78 bits per heavy atom. The number of allylic oxidation sites excluding steroid dienone is 1. The van der Waals surface area contributed by atoms with Crippen molar-refractivity contribution in [2.45, 2.75) is 115 Å². The molecule has 2 saturated carbocycles. The van der Waals surface area contributed by atoms with Gasteiger partial charge in [-0.1, -0.05) is 19.4 Å². The lowest BCUT2D eigenvalue weighted by Gasteiger charge is -2.52. The van der Waals surface area contributed by atoms with Gasteiger partial charge in [-0.3, -0.25) is 0 Å². The summed E-state index contributed by atoms with van der Waals surface area (Å²) in [6, 6.07) is 0. The van der Waals surface area contributed by atoms with E-state index < -0.39 is 22.8 Å². The average molecular weight is 497 g/mol. The van der Waals surface area contributed by atoms with Crippen LogP contribution in [0.15, 0.2) is 23.3 Å². The van der Waals surface area contributed by atoms with Crippen LogP contribution < -0.4 is 0 Å². The minimum atomic E-state index is -1.35. The highest BCUT2D eigenvalue weighted by molar-refractivity contribution is 5.83. The van der Waals surface area contributed by atoms with Gasteiger partial charge in [0.15, 0.2) is 5.60 Å². The summed E-state index contributed by atoms with van der Waals surface area (Å²) in [5.41, 5.74) is 0.926. The van der Waals surface area contributed by atoms with E-state index in [0.717, 1.165) is 51.4 Å². The third-order valence-electron chi connectivity index (χ3n) is 12.4. The maximum Gasteiger partial charge on any atom is 0.338 e. The summed E-state index contributed by atoms with van der Waals surface area (Å²) in [5, 5.41) is 10.8. The maximum atomic E-state index is 12.5. The first-order chi connectivity index (χ1) is 16.8. The average Bonchev–Trinajstić information content (AvgIpc) is 3.33. The largest absolute Gasteiger partial charge is 0.460 e. The van der Waals surface area contributed by atoms with Crippen LogP contribution in [0.4, 0.5) is 0 Å². The van der Waals surface area contributed by atoms with Crippen molar-refractivity contribution >= 4 is 11.9 Å². The van der Waals surface area contributed by atoms with E-state index in [1.165, 1.54) is 5.57 Å². The molecule has 1 spiro atoms. The second-order valence-electron chi connectivity index (χ2n) is 14.1. The zero-order valence-electron chi connectivity index (χ0n) is 22.3. The Labute approximate surface area is 213 Å². The Bertz CT molecular complexity index is 1120. The van der Waals surface area contributed by atoms with Crippen LogP contribution in [0.1, 0.15) is 86.0 Å². The number of cyclic esters (lactones) is 1. The lowest BCUT2D eigenvalue weighted by Crippen LogP contribution is -2.48. The Morgan fingerprint density at radius 1 is 1.00 bits per heavy atom. The predicted octanol–water partition coefficient (Wildman–Crippen LogP) is 4.64. The van der Waals surface area contributed by atoms with Crippen molar-refractivity contribution in [2.75, 3.05) is 0 Å². The fourth-order valence-electron chi connectivity index (χ4n) is 10.2. The van der Waals surface area contributed by atoms with Crippen LogP contribution >= 0.6 is 0 Å². The topological polar surface area (TPSA) is 85.4 Å². The van der Waals surface area contributed by atoms with Crippen LogP contribution in [-0.2, 0) is 23.8 Å². The van der Waals surface area contributed by atoms with E-state index in [0.29, 0.717) is 11.8 Å². The molecule has 1 N–H and O–H groups in total.